The fourth-order valence-corrected chi connectivity index (χ4v) is 4.32. The van der Waals surface area contributed by atoms with Gasteiger partial charge in [-0.2, -0.15) is 0 Å². The average Bonchev–Trinajstić information content (AvgIpc) is 3.00. The molecule has 0 heterocycles. The van der Waals surface area contributed by atoms with Gasteiger partial charge in [-0.25, -0.2) is 0 Å². The Morgan fingerprint density at radius 2 is 1.16 bits per heavy atom. The van der Waals surface area contributed by atoms with Crippen LogP contribution in [0.1, 0.15) is 58.7 Å². The Kier molecular flexibility index (Phi) is 3.01. The van der Waals surface area contributed by atoms with E-state index >= 15 is 0 Å². The van der Waals surface area contributed by atoms with Crippen LogP contribution in [-0.4, -0.2) is 0 Å². The predicted molar refractivity (Wildman–Crippen MR) is 81.4 cm³/mol. The van der Waals surface area contributed by atoms with Gasteiger partial charge in [-0.1, -0.05) is 0 Å². The van der Waals surface area contributed by atoms with Crippen molar-refractivity contribution < 1.29 is 0 Å². The zero-order chi connectivity index (χ0) is 13.9. The summed E-state index contributed by atoms with van der Waals surface area (Å²) in [6, 6.07) is 0.255. The van der Waals surface area contributed by atoms with Crippen molar-refractivity contribution in [1.29, 1.82) is 0 Å². The molecule has 0 radical (unpaired) electrons. The van der Waals surface area contributed by atoms with Gasteiger partial charge in [-0.15, -0.1) is 0 Å². The van der Waals surface area contributed by atoms with Crippen molar-refractivity contribution in [2.75, 3.05) is 0 Å². The van der Waals surface area contributed by atoms with E-state index in [1.807, 2.05) is 0 Å². The van der Waals surface area contributed by atoms with Crippen LogP contribution in [0.3, 0.4) is 0 Å². The second-order valence-corrected chi connectivity index (χ2v) is 7.05. The quantitative estimate of drug-likeness (QED) is 0.841. The molecule has 2 saturated carbocycles. The molecule has 104 valence electrons. The van der Waals surface area contributed by atoms with Crippen LogP contribution in [-0.2, 0) is 0 Å². The lowest BCUT2D eigenvalue weighted by molar-refractivity contribution is 0.401. The van der Waals surface area contributed by atoms with Crippen molar-refractivity contribution in [3.8, 4) is 0 Å². The third kappa shape index (κ3) is 1.94. The molecule has 1 aromatic carbocycles. The zero-order valence-corrected chi connectivity index (χ0v) is 13.0. The minimum atomic E-state index is 0.255. The molecule has 2 fully saturated rings. The van der Waals surface area contributed by atoms with Crippen molar-refractivity contribution in [3.63, 3.8) is 0 Å². The maximum absolute atomic E-state index is 6.67. The average molecular weight is 257 g/mol. The molecule has 2 aliphatic carbocycles. The van der Waals surface area contributed by atoms with Crippen LogP contribution in [0.15, 0.2) is 0 Å². The van der Waals surface area contributed by atoms with Crippen molar-refractivity contribution in [2.45, 2.75) is 59.9 Å². The molecule has 0 aromatic heterocycles. The van der Waals surface area contributed by atoms with E-state index in [4.69, 9.17) is 5.73 Å². The Morgan fingerprint density at radius 3 is 1.63 bits per heavy atom. The lowest BCUT2D eigenvalue weighted by Crippen LogP contribution is -2.23. The molecule has 3 unspecified atom stereocenters. The van der Waals surface area contributed by atoms with Gasteiger partial charge in [0.05, 0.1) is 0 Å². The summed E-state index contributed by atoms with van der Waals surface area (Å²) in [5, 5.41) is 0. The molecule has 0 amide bonds. The number of hydrogen-bond acceptors (Lipinski definition) is 1. The van der Waals surface area contributed by atoms with Gasteiger partial charge in [-0.05, 0) is 105 Å². The van der Waals surface area contributed by atoms with Crippen LogP contribution in [0.5, 0.6) is 0 Å². The Bertz CT molecular complexity index is 490. The maximum Gasteiger partial charge on any atom is 0.0329 e. The Labute approximate surface area is 117 Å². The highest BCUT2D eigenvalue weighted by atomic mass is 14.7. The van der Waals surface area contributed by atoms with Crippen LogP contribution in [0, 0.1) is 52.4 Å². The molecule has 2 N–H and O–H groups in total. The first-order valence-electron chi connectivity index (χ1n) is 7.74. The molecule has 3 atom stereocenters. The van der Waals surface area contributed by atoms with Gasteiger partial charge in [0, 0.05) is 6.04 Å². The topological polar surface area (TPSA) is 26.0 Å². The van der Waals surface area contributed by atoms with Crippen LogP contribution >= 0.6 is 0 Å². The molecule has 0 saturated heterocycles. The van der Waals surface area contributed by atoms with E-state index in [0.717, 1.165) is 17.8 Å². The molecule has 2 aliphatic rings. The van der Waals surface area contributed by atoms with Crippen molar-refractivity contribution in [1.82, 2.24) is 0 Å². The van der Waals surface area contributed by atoms with Gasteiger partial charge in [0.25, 0.3) is 0 Å². The van der Waals surface area contributed by atoms with E-state index in [9.17, 15) is 0 Å². The Hall–Kier alpha value is -0.820. The van der Waals surface area contributed by atoms with E-state index in [2.05, 4.69) is 34.6 Å². The summed E-state index contributed by atoms with van der Waals surface area (Å²) >= 11 is 0. The third-order valence-electron chi connectivity index (χ3n) is 6.18. The molecule has 0 bridgehead atoms. The molecule has 3 rings (SSSR count). The zero-order valence-electron chi connectivity index (χ0n) is 13.0. The molecule has 1 aromatic rings. The van der Waals surface area contributed by atoms with E-state index in [0.29, 0.717) is 0 Å². The predicted octanol–water partition coefficient (Wildman–Crippen LogP) is 4.27. The molecule has 0 aliphatic heterocycles. The summed E-state index contributed by atoms with van der Waals surface area (Å²) in [6.45, 7) is 11.3. The molecule has 19 heavy (non-hydrogen) atoms. The van der Waals surface area contributed by atoms with E-state index in [-0.39, 0.29) is 6.04 Å². The van der Waals surface area contributed by atoms with Gasteiger partial charge in [0.2, 0.25) is 0 Å². The molecular weight excluding hydrogens is 230 g/mol. The number of hydrogen-bond donors (Lipinski definition) is 1. The molecular formula is C18H27N. The highest BCUT2D eigenvalue weighted by Crippen LogP contribution is 2.57. The summed E-state index contributed by atoms with van der Waals surface area (Å²) in [4.78, 5) is 0. The number of nitrogens with two attached hydrogens (primary N) is 1. The summed E-state index contributed by atoms with van der Waals surface area (Å²) in [7, 11) is 0. The number of benzene rings is 1. The van der Waals surface area contributed by atoms with Crippen molar-refractivity contribution in [3.05, 3.63) is 33.4 Å². The second kappa shape index (κ2) is 4.34. The normalized spacial score (nSPS) is 30.3. The second-order valence-electron chi connectivity index (χ2n) is 7.05. The van der Waals surface area contributed by atoms with Crippen LogP contribution in [0.2, 0.25) is 0 Å². The van der Waals surface area contributed by atoms with E-state index < -0.39 is 0 Å². The number of fused-ring (bicyclic) bond motifs is 1. The fraction of sp³-hybridized carbons (Fsp3) is 0.667. The standard InChI is InChI=1S/C18H27N/c1-9-10(2)12(4)17(13(5)11(9)3)18(19)16-7-14-6-15(14)8-16/h14-16,18H,6-8,19H2,1-5H3. The van der Waals surface area contributed by atoms with Gasteiger partial charge in [-0.3, -0.25) is 0 Å². The minimum Gasteiger partial charge on any atom is -0.324 e. The first kappa shape index (κ1) is 13.2. The Balaban J connectivity index is 1.99. The highest BCUT2D eigenvalue weighted by Gasteiger charge is 2.47. The van der Waals surface area contributed by atoms with E-state index in [1.165, 1.54) is 52.6 Å². The van der Waals surface area contributed by atoms with Crippen LogP contribution in [0.25, 0.3) is 0 Å². The maximum atomic E-state index is 6.67. The first-order chi connectivity index (χ1) is 8.91. The number of rotatable bonds is 2. The highest BCUT2D eigenvalue weighted by molar-refractivity contribution is 5.50. The molecule has 1 nitrogen and oxygen atoms in total. The molecule has 1 heteroatoms. The summed E-state index contributed by atoms with van der Waals surface area (Å²) in [5.74, 6) is 2.76. The minimum absolute atomic E-state index is 0.255. The van der Waals surface area contributed by atoms with Crippen molar-refractivity contribution in [2.24, 2.45) is 23.5 Å². The lowest BCUT2D eigenvalue weighted by atomic mass is 9.81. The van der Waals surface area contributed by atoms with Gasteiger partial charge in [0.1, 0.15) is 0 Å². The van der Waals surface area contributed by atoms with Gasteiger partial charge < -0.3 is 5.73 Å². The smallest absolute Gasteiger partial charge is 0.0329 e. The SMILES string of the molecule is Cc1c(C)c(C)c(C(N)C2CC3CC3C2)c(C)c1C. The van der Waals surface area contributed by atoms with E-state index in [1.54, 1.807) is 0 Å². The molecule has 0 spiro atoms. The van der Waals surface area contributed by atoms with Crippen LogP contribution < -0.4 is 5.73 Å². The van der Waals surface area contributed by atoms with Gasteiger partial charge in [0.15, 0.2) is 0 Å². The van der Waals surface area contributed by atoms with Gasteiger partial charge >= 0.3 is 0 Å². The van der Waals surface area contributed by atoms with Crippen molar-refractivity contribution >= 4 is 0 Å². The largest absolute Gasteiger partial charge is 0.324 e. The first-order valence-corrected chi connectivity index (χ1v) is 7.74. The summed E-state index contributed by atoms with van der Waals surface area (Å²) in [6.07, 6.45) is 4.22. The summed E-state index contributed by atoms with van der Waals surface area (Å²) in [5.41, 5.74) is 15.3. The van der Waals surface area contributed by atoms with Crippen LogP contribution in [0.4, 0.5) is 0 Å². The lowest BCUT2D eigenvalue weighted by Gasteiger charge is -2.27. The Morgan fingerprint density at radius 1 is 0.737 bits per heavy atom. The summed E-state index contributed by atoms with van der Waals surface area (Å²) < 4.78 is 0. The monoisotopic (exact) mass is 257 g/mol. The fourth-order valence-electron chi connectivity index (χ4n) is 4.32. The third-order valence-corrected chi connectivity index (χ3v) is 6.18.